The average molecular weight is 595 g/mol. The molecule has 0 unspecified atom stereocenters. The highest BCUT2D eigenvalue weighted by molar-refractivity contribution is 7.80. The Hall–Kier alpha value is -3.59. The van der Waals surface area contributed by atoms with Crippen molar-refractivity contribution in [1.82, 2.24) is 14.9 Å². The Balaban J connectivity index is 1.66. The van der Waals surface area contributed by atoms with E-state index in [1.165, 1.54) is 0 Å². The number of hydrogen-bond donors (Lipinski definition) is 2. The summed E-state index contributed by atoms with van der Waals surface area (Å²) in [7, 11) is 1.58. The van der Waals surface area contributed by atoms with E-state index in [9.17, 15) is 4.79 Å². The largest absolute Gasteiger partial charge is 0.494 e. The molecule has 2 aromatic carbocycles. The van der Waals surface area contributed by atoms with Crippen LogP contribution in [-0.2, 0) is 4.79 Å². The molecule has 7 nitrogen and oxygen atoms in total. The maximum absolute atomic E-state index is 12.1. The van der Waals surface area contributed by atoms with Gasteiger partial charge in [0.1, 0.15) is 5.75 Å². The molecule has 1 aliphatic rings. The van der Waals surface area contributed by atoms with E-state index in [1.807, 2.05) is 48.5 Å². The van der Waals surface area contributed by atoms with E-state index in [2.05, 4.69) is 45.0 Å². The highest BCUT2D eigenvalue weighted by Crippen LogP contribution is 2.45. The van der Waals surface area contributed by atoms with Crippen LogP contribution in [0.15, 0.2) is 66.9 Å². The molecule has 0 saturated carbocycles. The molecule has 1 amide bonds. The van der Waals surface area contributed by atoms with Gasteiger partial charge in [0.05, 0.1) is 41.3 Å². The summed E-state index contributed by atoms with van der Waals surface area (Å²) >= 11 is 18.8. The van der Waals surface area contributed by atoms with E-state index >= 15 is 0 Å². The normalized spacial score (nSPS) is 16.6. The van der Waals surface area contributed by atoms with Crippen LogP contribution in [-0.4, -0.2) is 27.7 Å². The van der Waals surface area contributed by atoms with Gasteiger partial charge in [0.15, 0.2) is 5.11 Å². The van der Waals surface area contributed by atoms with Gasteiger partial charge < -0.3 is 24.8 Å². The van der Waals surface area contributed by atoms with Gasteiger partial charge in [-0.25, -0.2) is 0 Å². The number of ether oxygens (including phenoxy) is 1. The van der Waals surface area contributed by atoms with Gasteiger partial charge in [-0.05, 0) is 80.2 Å². The zero-order chi connectivity index (χ0) is 28.6. The number of halogens is 2. The molecule has 0 aliphatic carbocycles. The van der Waals surface area contributed by atoms with E-state index in [1.54, 1.807) is 26.3 Å². The van der Waals surface area contributed by atoms with Gasteiger partial charge in [0.2, 0.25) is 5.91 Å². The van der Waals surface area contributed by atoms with Gasteiger partial charge in [-0.3, -0.25) is 9.78 Å². The first-order valence-electron chi connectivity index (χ1n) is 12.9. The maximum Gasteiger partial charge on any atom is 0.224 e. The SMILES string of the molecule is CCC(=O)Nc1ccc(N2C(=S)N[C@@H](c3ccccn3)[C@@H]2c2cc(C)n(-c3ccc(Cl)cc3Cl)c2C)cc1OC. The number of anilines is 2. The van der Waals surface area contributed by atoms with Crippen LogP contribution in [0.4, 0.5) is 11.4 Å². The van der Waals surface area contributed by atoms with E-state index in [0.717, 1.165) is 34.0 Å². The lowest BCUT2D eigenvalue weighted by atomic mass is 9.96. The Morgan fingerprint density at radius 1 is 1.12 bits per heavy atom. The van der Waals surface area contributed by atoms with Crippen molar-refractivity contribution in [1.29, 1.82) is 0 Å². The lowest BCUT2D eigenvalue weighted by Crippen LogP contribution is -2.29. The second-order valence-electron chi connectivity index (χ2n) is 9.54. The minimum atomic E-state index is -0.241. The first kappa shape index (κ1) is 28.0. The number of amides is 1. The predicted octanol–water partition coefficient (Wildman–Crippen LogP) is 7.33. The standard InChI is InChI=1S/C30H29Cl2N5O2S/c1-5-27(38)34-23-11-10-20(16-26(23)39-4)37-29(28(35-30(37)40)24-8-6-7-13-33-24)21-14-17(2)36(18(21)3)25-12-9-19(31)15-22(25)32/h6-16,28-29H,5H2,1-4H3,(H,34,38)(H,35,40)/t28-,29-/m0/s1. The second-order valence-corrected chi connectivity index (χ2v) is 10.8. The third-order valence-electron chi connectivity index (χ3n) is 7.10. The number of hydrogen-bond acceptors (Lipinski definition) is 4. The molecule has 1 aliphatic heterocycles. The van der Waals surface area contributed by atoms with Crippen LogP contribution >= 0.6 is 35.4 Å². The number of nitrogens with one attached hydrogen (secondary N) is 2. The minimum Gasteiger partial charge on any atom is -0.494 e. The fourth-order valence-corrected chi connectivity index (χ4v) is 6.08. The Kier molecular flexibility index (Phi) is 8.03. The monoisotopic (exact) mass is 593 g/mol. The zero-order valence-corrected chi connectivity index (χ0v) is 24.9. The lowest BCUT2D eigenvalue weighted by molar-refractivity contribution is -0.115. The molecule has 0 bridgehead atoms. The van der Waals surface area contributed by atoms with Gasteiger partial charge in [0, 0.05) is 40.8 Å². The van der Waals surface area contributed by atoms with Crippen LogP contribution < -0.4 is 20.3 Å². The van der Waals surface area contributed by atoms with Crippen molar-refractivity contribution >= 4 is 57.8 Å². The van der Waals surface area contributed by atoms with Gasteiger partial charge in [-0.15, -0.1) is 0 Å². The first-order chi connectivity index (χ1) is 19.2. The Labute approximate surface area is 249 Å². The van der Waals surface area contributed by atoms with E-state index in [-0.39, 0.29) is 18.0 Å². The molecular formula is C30H29Cl2N5O2S. The number of nitrogens with zero attached hydrogens (tertiary/aromatic N) is 3. The predicted molar refractivity (Wildman–Crippen MR) is 165 cm³/mol. The van der Waals surface area contributed by atoms with Gasteiger partial charge in [-0.1, -0.05) is 36.2 Å². The van der Waals surface area contributed by atoms with Crippen molar-refractivity contribution in [3.8, 4) is 11.4 Å². The highest BCUT2D eigenvalue weighted by atomic mass is 35.5. The molecular weight excluding hydrogens is 565 g/mol. The van der Waals surface area contributed by atoms with Crippen LogP contribution in [0, 0.1) is 13.8 Å². The van der Waals surface area contributed by atoms with Crippen molar-refractivity contribution in [2.45, 2.75) is 39.3 Å². The molecule has 3 heterocycles. The number of methoxy groups -OCH3 is 1. The summed E-state index contributed by atoms with van der Waals surface area (Å²) in [6.45, 7) is 5.93. The number of benzene rings is 2. The number of aromatic nitrogens is 2. The first-order valence-corrected chi connectivity index (χ1v) is 14.0. The van der Waals surface area contributed by atoms with Crippen molar-refractivity contribution in [3.05, 3.63) is 99.6 Å². The van der Waals surface area contributed by atoms with Crippen LogP contribution in [0.1, 0.15) is 48.1 Å². The molecule has 1 fully saturated rings. The zero-order valence-electron chi connectivity index (χ0n) is 22.5. The van der Waals surface area contributed by atoms with E-state index in [0.29, 0.717) is 33.0 Å². The molecule has 4 aromatic rings. The third kappa shape index (κ3) is 5.14. The van der Waals surface area contributed by atoms with Crippen molar-refractivity contribution in [3.63, 3.8) is 0 Å². The molecule has 2 aromatic heterocycles. The fourth-order valence-electron chi connectivity index (χ4n) is 5.24. The van der Waals surface area contributed by atoms with Crippen LogP contribution in [0.25, 0.3) is 5.69 Å². The summed E-state index contributed by atoms with van der Waals surface area (Å²) in [6.07, 6.45) is 2.15. The summed E-state index contributed by atoms with van der Waals surface area (Å²) in [6, 6.07) is 18.7. The quantitative estimate of drug-likeness (QED) is 0.219. The molecule has 5 rings (SSSR count). The third-order valence-corrected chi connectivity index (χ3v) is 7.95. The Bertz CT molecular complexity index is 1590. The van der Waals surface area contributed by atoms with Gasteiger partial charge in [0.25, 0.3) is 0 Å². The molecule has 40 heavy (non-hydrogen) atoms. The van der Waals surface area contributed by atoms with E-state index < -0.39 is 0 Å². The summed E-state index contributed by atoms with van der Waals surface area (Å²) in [5.41, 5.74) is 6.23. The molecule has 1 saturated heterocycles. The van der Waals surface area contributed by atoms with Crippen LogP contribution in [0.2, 0.25) is 10.0 Å². The lowest BCUT2D eigenvalue weighted by Gasteiger charge is -2.29. The molecule has 0 radical (unpaired) electrons. The highest BCUT2D eigenvalue weighted by Gasteiger charge is 2.42. The topological polar surface area (TPSA) is 71.4 Å². The van der Waals surface area contributed by atoms with Gasteiger partial charge in [-0.2, -0.15) is 0 Å². The summed E-state index contributed by atoms with van der Waals surface area (Å²) < 4.78 is 7.79. The number of pyridine rings is 1. The molecule has 2 atom stereocenters. The van der Waals surface area contributed by atoms with Crippen LogP contribution in [0.5, 0.6) is 5.75 Å². The number of carbonyl (C=O) groups is 1. The second kappa shape index (κ2) is 11.5. The minimum absolute atomic E-state index is 0.0918. The van der Waals surface area contributed by atoms with Crippen molar-refractivity contribution in [2.24, 2.45) is 0 Å². The number of thiocarbonyl (C=S) groups is 1. The van der Waals surface area contributed by atoms with Crippen LogP contribution in [0.3, 0.4) is 0 Å². The summed E-state index contributed by atoms with van der Waals surface area (Å²) in [5, 5.41) is 8.11. The molecule has 206 valence electrons. The summed E-state index contributed by atoms with van der Waals surface area (Å²) in [5.74, 6) is 0.450. The van der Waals surface area contributed by atoms with Crippen molar-refractivity contribution in [2.75, 3.05) is 17.3 Å². The van der Waals surface area contributed by atoms with Gasteiger partial charge >= 0.3 is 0 Å². The molecule has 0 spiro atoms. The number of rotatable bonds is 7. The Morgan fingerprint density at radius 3 is 2.60 bits per heavy atom. The smallest absolute Gasteiger partial charge is 0.224 e. The van der Waals surface area contributed by atoms with Crippen molar-refractivity contribution < 1.29 is 9.53 Å². The Morgan fingerprint density at radius 2 is 1.93 bits per heavy atom. The van der Waals surface area contributed by atoms with E-state index in [4.69, 9.17) is 40.2 Å². The molecule has 10 heteroatoms. The number of carbonyl (C=O) groups excluding carboxylic acids is 1. The average Bonchev–Trinajstić information content (AvgIpc) is 3.44. The maximum atomic E-state index is 12.1. The fraction of sp³-hybridized carbons (Fsp3) is 0.233. The summed E-state index contributed by atoms with van der Waals surface area (Å²) in [4.78, 5) is 18.8. The number of aryl methyl sites for hydroxylation is 1. The molecule has 2 N–H and O–H groups in total.